The zero-order valence-electron chi connectivity index (χ0n) is 9.88. The van der Waals surface area contributed by atoms with Crippen LogP contribution in [0.25, 0.3) is 0 Å². The van der Waals surface area contributed by atoms with E-state index in [2.05, 4.69) is 41.3 Å². The molecule has 0 bridgehead atoms. The highest BCUT2D eigenvalue weighted by Gasteiger charge is 2.26. The number of hydrogen-bond donors (Lipinski definition) is 0. The molecule has 1 aromatic carbocycles. The van der Waals surface area contributed by atoms with Gasteiger partial charge in [-0.15, -0.1) is 0 Å². The van der Waals surface area contributed by atoms with Gasteiger partial charge in [-0.3, -0.25) is 4.90 Å². The maximum absolute atomic E-state index is 5.20. The van der Waals surface area contributed by atoms with Gasteiger partial charge in [0.05, 0.1) is 12.5 Å². The maximum Gasteiger partial charge on any atom is 0.0950 e. The molecule has 1 aliphatic heterocycles. The monoisotopic (exact) mass is 227 g/mol. The molecule has 1 atom stereocenters. The van der Waals surface area contributed by atoms with Crippen LogP contribution in [0.5, 0.6) is 0 Å². The van der Waals surface area contributed by atoms with Crippen molar-refractivity contribution < 1.29 is 4.42 Å². The van der Waals surface area contributed by atoms with Crippen molar-refractivity contribution in [2.45, 2.75) is 25.4 Å². The van der Waals surface area contributed by atoms with Crippen molar-refractivity contribution in [3.8, 4) is 0 Å². The second-order valence-electron chi connectivity index (χ2n) is 4.67. The fourth-order valence-electron chi connectivity index (χ4n) is 2.68. The van der Waals surface area contributed by atoms with E-state index in [0.29, 0.717) is 6.04 Å². The van der Waals surface area contributed by atoms with Crippen molar-refractivity contribution in [2.24, 2.45) is 0 Å². The van der Waals surface area contributed by atoms with E-state index in [0.717, 1.165) is 6.54 Å². The molecule has 1 aromatic heterocycles. The summed E-state index contributed by atoms with van der Waals surface area (Å²) < 4.78 is 5.20. The predicted molar refractivity (Wildman–Crippen MR) is 67.5 cm³/mol. The Morgan fingerprint density at radius 2 is 2.06 bits per heavy atom. The third-order valence-corrected chi connectivity index (χ3v) is 3.52. The van der Waals surface area contributed by atoms with Crippen LogP contribution in [0.3, 0.4) is 0 Å². The Bertz CT molecular complexity index is 449. The van der Waals surface area contributed by atoms with Crippen LogP contribution in [-0.4, -0.2) is 11.4 Å². The van der Waals surface area contributed by atoms with Crippen molar-refractivity contribution in [1.29, 1.82) is 0 Å². The van der Waals surface area contributed by atoms with Crippen molar-refractivity contribution in [3.63, 3.8) is 0 Å². The van der Waals surface area contributed by atoms with Gasteiger partial charge in [0, 0.05) is 18.2 Å². The Morgan fingerprint density at radius 1 is 1.18 bits per heavy atom. The highest BCUT2D eigenvalue weighted by atomic mass is 16.3. The molecule has 0 radical (unpaired) electrons. The molecule has 0 N–H and O–H groups in total. The first-order valence-corrected chi connectivity index (χ1v) is 6.23. The zero-order valence-corrected chi connectivity index (χ0v) is 9.88. The van der Waals surface area contributed by atoms with E-state index < -0.39 is 0 Å². The highest BCUT2D eigenvalue weighted by Crippen LogP contribution is 2.33. The van der Waals surface area contributed by atoms with Gasteiger partial charge in [-0.25, -0.2) is 0 Å². The molecular formula is C15H17NO. The number of benzene rings is 1. The van der Waals surface area contributed by atoms with Gasteiger partial charge in [0.25, 0.3) is 0 Å². The fourth-order valence-corrected chi connectivity index (χ4v) is 2.68. The van der Waals surface area contributed by atoms with Gasteiger partial charge >= 0.3 is 0 Å². The predicted octanol–water partition coefficient (Wildman–Crippen LogP) is 3.62. The van der Waals surface area contributed by atoms with E-state index in [1.807, 2.05) is 6.26 Å². The lowest BCUT2D eigenvalue weighted by atomic mass is 10.1. The lowest BCUT2D eigenvalue weighted by Crippen LogP contribution is -2.22. The summed E-state index contributed by atoms with van der Waals surface area (Å²) in [4.78, 5) is 2.54. The first-order chi connectivity index (χ1) is 8.43. The lowest BCUT2D eigenvalue weighted by molar-refractivity contribution is 0.247. The molecule has 0 saturated carbocycles. The van der Waals surface area contributed by atoms with E-state index in [1.165, 1.54) is 30.5 Å². The average molecular weight is 227 g/mol. The molecule has 0 amide bonds. The van der Waals surface area contributed by atoms with Gasteiger partial charge in [0.15, 0.2) is 0 Å². The average Bonchev–Trinajstić information content (AvgIpc) is 3.00. The van der Waals surface area contributed by atoms with Crippen molar-refractivity contribution >= 4 is 0 Å². The third kappa shape index (κ3) is 2.27. The Balaban J connectivity index is 1.75. The Morgan fingerprint density at radius 3 is 2.82 bits per heavy atom. The molecule has 1 saturated heterocycles. The highest BCUT2D eigenvalue weighted by molar-refractivity contribution is 5.17. The van der Waals surface area contributed by atoms with Crippen LogP contribution in [0.4, 0.5) is 0 Å². The lowest BCUT2D eigenvalue weighted by Gasteiger charge is -2.23. The van der Waals surface area contributed by atoms with Gasteiger partial charge in [-0.2, -0.15) is 0 Å². The van der Waals surface area contributed by atoms with Crippen LogP contribution >= 0.6 is 0 Å². The Hall–Kier alpha value is -1.54. The standard InChI is InChI=1S/C15H17NO/c1-2-5-13(6-3-1)11-16-9-4-7-15(16)14-8-10-17-12-14/h1-3,5-6,8,10,12,15H,4,7,9,11H2. The zero-order chi connectivity index (χ0) is 11.5. The molecule has 2 nitrogen and oxygen atoms in total. The molecule has 0 spiro atoms. The van der Waals surface area contributed by atoms with E-state index in [-0.39, 0.29) is 0 Å². The molecule has 1 aliphatic rings. The van der Waals surface area contributed by atoms with Crippen LogP contribution in [-0.2, 0) is 6.54 Å². The summed E-state index contributed by atoms with van der Waals surface area (Å²) in [6, 6.07) is 13.3. The molecule has 17 heavy (non-hydrogen) atoms. The maximum atomic E-state index is 5.20. The second kappa shape index (κ2) is 4.76. The summed E-state index contributed by atoms with van der Waals surface area (Å²) in [5.41, 5.74) is 2.71. The topological polar surface area (TPSA) is 16.4 Å². The van der Waals surface area contributed by atoms with Crippen LogP contribution in [0, 0.1) is 0 Å². The molecule has 3 rings (SSSR count). The SMILES string of the molecule is c1ccc(CN2CCCC2c2ccoc2)cc1. The summed E-state index contributed by atoms with van der Waals surface area (Å²) in [6.07, 6.45) is 6.18. The minimum absolute atomic E-state index is 0.536. The molecule has 2 heterocycles. The number of furan rings is 1. The van der Waals surface area contributed by atoms with E-state index in [9.17, 15) is 0 Å². The summed E-state index contributed by atoms with van der Waals surface area (Å²) >= 11 is 0. The molecule has 88 valence electrons. The molecule has 1 fully saturated rings. The smallest absolute Gasteiger partial charge is 0.0950 e. The number of likely N-dealkylation sites (tertiary alicyclic amines) is 1. The van der Waals surface area contributed by atoms with Crippen LogP contribution in [0.15, 0.2) is 53.3 Å². The first-order valence-electron chi connectivity index (χ1n) is 6.23. The van der Waals surface area contributed by atoms with Crippen molar-refractivity contribution in [1.82, 2.24) is 4.90 Å². The molecule has 1 unspecified atom stereocenters. The summed E-state index contributed by atoms with van der Waals surface area (Å²) in [5, 5.41) is 0. The molecule has 0 aliphatic carbocycles. The summed E-state index contributed by atoms with van der Waals surface area (Å²) in [5.74, 6) is 0. The number of nitrogens with zero attached hydrogens (tertiary/aromatic N) is 1. The van der Waals surface area contributed by atoms with Gasteiger partial charge in [-0.05, 0) is 31.0 Å². The van der Waals surface area contributed by atoms with Gasteiger partial charge < -0.3 is 4.42 Å². The second-order valence-corrected chi connectivity index (χ2v) is 4.67. The van der Waals surface area contributed by atoms with Crippen LogP contribution in [0.1, 0.15) is 30.0 Å². The van der Waals surface area contributed by atoms with Crippen LogP contribution < -0.4 is 0 Å². The molecule has 2 heteroatoms. The van der Waals surface area contributed by atoms with Gasteiger partial charge in [0.2, 0.25) is 0 Å². The van der Waals surface area contributed by atoms with Crippen molar-refractivity contribution in [2.75, 3.05) is 6.54 Å². The minimum Gasteiger partial charge on any atom is -0.472 e. The van der Waals surface area contributed by atoms with E-state index in [1.54, 1.807) is 6.26 Å². The molecular weight excluding hydrogens is 210 g/mol. The van der Waals surface area contributed by atoms with Gasteiger partial charge in [0.1, 0.15) is 0 Å². The quantitative estimate of drug-likeness (QED) is 0.796. The summed E-state index contributed by atoms with van der Waals surface area (Å²) in [7, 11) is 0. The minimum atomic E-state index is 0.536. The number of rotatable bonds is 3. The van der Waals surface area contributed by atoms with E-state index >= 15 is 0 Å². The first kappa shape index (κ1) is 10.6. The normalized spacial score (nSPS) is 20.8. The number of hydrogen-bond acceptors (Lipinski definition) is 2. The third-order valence-electron chi connectivity index (χ3n) is 3.52. The van der Waals surface area contributed by atoms with E-state index in [4.69, 9.17) is 4.42 Å². The summed E-state index contributed by atoms with van der Waals surface area (Å²) in [6.45, 7) is 2.22. The molecule has 2 aromatic rings. The Kier molecular flexibility index (Phi) is 2.97. The van der Waals surface area contributed by atoms with Crippen molar-refractivity contribution in [3.05, 3.63) is 60.1 Å². The fraction of sp³-hybridized carbons (Fsp3) is 0.333. The largest absolute Gasteiger partial charge is 0.472 e. The van der Waals surface area contributed by atoms with Gasteiger partial charge in [-0.1, -0.05) is 30.3 Å². The van der Waals surface area contributed by atoms with Crippen LogP contribution in [0.2, 0.25) is 0 Å². The Labute approximate surface area is 102 Å².